The van der Waals surface area contributed by atoms with Gasteiger partial charge in [0.25, 0.3) is 0 Å². The molecule has 1 aliphatic carbocycles. The molecule has 1 unspecified atom stereocenters. The van der Waals surface area contributed by atoms with Crippen LogP contribution in [0.4, 0.5) is 8.78 Å². The lowest BCUT2D eigenvalue weighted by molar-refractivity contribution is -0.123. The molecule has 1 amide bonds. The van der Waals surface area contributed by atoms with Crippen molar-refractivity contribution in [3.05, 3.63) is 35.4 Å². The van der Waals surface area contributed by atoms with Gasteiger partial charge in [0, 0.05) is 6.42 Å². The van der Waals surface area contributed by atoms with Gasteiger partial charge in [-0.15, -0.1) is 0 Å². The Labute approximate surface area is 117 Å². The standard InChI is InChI=1S/C15H19F2NO2/c1-15(9-19,11-4-5-11)18-14(20)7-3-10-2-6-12(16)13(17)8-10/h2,6,8,11,19H,3-5,7,9H2,1H3,(H,18,20). The summed E-state index contributed by atoms with van der Waals surface area (Å²) >= 11 is 0. The van der Waals surface area contributed by atoms with Crippen LogP contribution in [0.15, 0.2) is 18.2 Å². The molecule has 1 aromatic rings. The van der Waals surface area contributed by atoms with Gasteiger partial charge in [-0.25, -0.2) is 8.78 Å². The summed E-state index contributed by atoms with van der Waals surface area (Å²) in [6, 6.07) is 3.64. The monoisotopic (exact) mass is 283 g/mol. The minimum atomic E-state index is -0.902. The van der Waals surface area contributed by atoms with E-state index in [0.717, 1.165) is 25.0 Å². The Hall–Kier alpha value is -1.49. The van der Waals surface area contributed by atoms with E-state index in [1.54, 1.807) is 0 Å². The zero-order chi connectivity index (χ0) is 14.8. The van der Waals surface area contributed by atoms with Crippen LogP contribution in [0.25, 0.3) is 0 Å². The van der Waals surface area contributed by atoms with Gasteiger partial charge in [0.05, 0.1) is 12.1 Å². The minimum Gasteiger partial charge on any atom is -0.394 e. The Morgan fingerprint density at radius 1 is 1.40 bits per heavy atom. The summed E-state index contributed by atoms with van der Waals surface area (Å²) in [5.74, 6) is -1.64. The van der Waals surface area contributed by atoms with E-state index >= 15 is 0 Å². The zero-order valence-electron chi connectivity index (χ0n) is 11.5. The molecular formula is C15H19F2NO2. The highest BCUT2D eigenvalue weighted by Crippen LogP contribution is 2.39. The van der Waals surface area contributed by atoms with E-state index in [1.807, 2.05) is 6.92 Å². The lowest BCUT2D eigenvalue weighted by atomic mass is 9.96. The largest absolute Gasteiger partial charge is 0.394 e. The van der Waals surface area contributed by atoms with Crippen molar-refractivity contribution in [2.75, 3.05) is 6.61 Å². The first-order valence-electron chi connectivity index (χ1n) is 6.80. The van der Waals surface area contributed by atoms with Gasteiger partial charge >= 0.3 is 0 Å². The van der Waals surface area contributed by atoms with Crippen molar-refractivity contribution in [3.63, 3.8) is 0 Å². The Morgan fingerprint density at radius 2 is 2.10 bits per heavy atom. The summed E-state index contributed by atoms with van der Waals surface area (Å²) < 4.78 is 25.8. The van der Waals surface area contributed by atoms with Crippen LogP contribution in [-0.2, 0) is 11.2 Å². The molecule has 0 aliphatic heterocycles. The molecule has 1 aromatic carbocycles. The topological polar surface area (TPSA) is 49.3 Å². The third-order valence-electron chi connectivity index (χ3n) is 3.86. The predicted molar refractivity (Wildman–Crippen MR) is 71.0 cm³/mol. The molecule has 0 saturated heterocycles. The summed E-state index contributed by atoms with van der Waals surface area (Å²) in [6.07, 6.45) is 2.56. The molecule has 110 valence electrons. The Kier molecular flexibility index (Phi) is 4.38. The van der Waals surface area contributed by atoms with Crippen molar-refractivity contribution in [1.29, 1.82) is 0 Å². The first-order chi connectivity index (χ1) is 9.44. The second-order valence-corrected chi connectivity index (χ2v) is 5.65. The van der Waals surface area contributed by atoms with Crippen LogP contribution in [0, 0.1) is 17.6 Å². The second-order valence-electron chi connectivity index (χ2n) is 5.65. The Balaban J connectivity index is 1.87. The average molecular weight is 283 g/mol. The highest BCUT2D eigenvalue weighted by atomic mass is 19.2. The average Bonchev–Trinajstić information content (AvgIpc) is 3.25. The molecule has 0 heterocycles. The maximum absolute atomic E-state index is 13.0. The minimum absolute atomic E-state index is 0.0887. The molecule has 2 N–H and O–H groups in total. The van der Waals surface area contributed by atoms with Gasteiger partial charge in [0.2, 0.25) is 5.91 Å². The van der Waals surface area contributed by atoms with Gasteiger partial charge in [-0.05, 0) is 49.8 Å². The fourth-order valence-corrected chi connectivity index (χ4v) is 2.33. The molecule has 1 fully saturated rings. The number of halogens is 2. The number of carbonyl (C=O) groups is 1. The molecule has 20 heavy (non-hydrogen) atoms. The molecule has 0 aromatic heterocycles. The fourth-order valence-electron chi connectivity index (χ4n) is 2.33. The van der Waals surface area contributed by atoms with Gasteiger partial charge < -0.3 is 10.4 Å². The van der Waals surface area contributed by atoms with E-state index in [-0.39, 0.29) is 18.9 Å². The molecule has 3 nitrogen and oxygen atoms in total. The number of aryl methyl sites for hydroxylation is 1. The SMILES string of the molecule is CC(CO)(NC(=O)CCc1ccc(F)c(F)c1)C1CC1. The number of hydrogen-bond donors (Lipinski definition) is 2. The first kappa shape index (κ1) is 14.9. The number of carbonyl (C=O) groups excluding carboxylic acids is 1. The van der Waals surface area contributed by atoms with Crippen LogP contribution < -0.4 is 5.32 Å². The first-order valence-corrected chi connectivity index (χ1v) is 6.80. The Bertz CT molecular complexity index is 503. The van der Waals surface area contributed by atoms with Crippen LogP contribution in [0.1, 0.15) is 31.7 Å². The molecule has 1 atom stereocenters. The van der Waals surface area contributed by atoms with E-state index < -0.39 is 17.2 Å². The molecule has 1 aliphatic rings. The highest BCUT2D eigenvalue weighted by Gasteiger charge is 2.41. The number of aliphatic hydroxyl groups excluding tert-OH is 1. The molecule has 0 spiro atoms. The van der Waals surface area contributed by atoms with E-state index in [1.165, 1.54) is 6.07 Å². The van der Waals surface area contributed by atoms with E-state index in [2.05, 4.69) is 5.32 Å². The molecule has 5 heteroatoms. The number of hydrogen-bond acceptors (Lipinski definition) is 2. The van der Waals surface area contributed by atoms with E-state index in [9.17, 15) is 18.7 Å². The third-order valence-corrected chi connectivity index (χ3v) is 3.86. The molecular weight excluding hydrogens is 264 g/mol. The van der Waals surface area contributed by atoms with Gasteiger partial charge in [-0.2, -0.15) is 0 Å². The van der Waals surface area contributed by atoms with Gasteiger partial charge in [0.15, 0.2) is 11.6 Å². The van der Waals surface area contributed by atoms with Crippen molar-refractivity contribution in [2.45, 2.75) is 38.1 Å². The van der Waals surface area contributed by atoms with Gasteiger partial charge in [0.1, 0.15) is 0 Å². The highest BCUT2D eigenvalue weighted by molar-refractivity contribution is 5.77. The molecule has 0 radical (unpaired) electrons. The fraction of sp³-hybridized carbons (Fsp3) is 0.533. The van der Waals surface area contributed by atoms with Crippen molar-refractivity contribution < 1.29 is 18.7 Å². The van der Waals surface area contributed by atoms with Crippen molar-refractivity contribution in [2.24, 2.45) is 5.92 Å². The third kappa shape index (κ3) is 3.54. The van der Waals surface area contributed by atoms with Crippen LogP contribution >= 0.6 is 0 Å². The van der Waals surface area contributed by atoms with Gasteiger partial charge in [-0.3, -0.25) is 4.79 Å². The number of rotatable bonds is 6. The number of nitrogens with one attached hydrogen (secondary N) is 1. The van der Waals surface area contributed by atoms with E-state index in [4.69, 9.17) is 0 Å². The van der Waals surface area contributed by atoms with Crippen LogP contribution in [0.3, 0.4) is 0 Å². The van der Waals surface area contributed by atoms with Crippen LogP contribution in [0.5, 0.6) is 0 Å². The molecule has 0 bridgehead atoms. The maximum Gasteiger partial charge on any atom is 0.220 e. The number of benzene rings is 1. The van der Waals surface area contributed by atoms with Crippen molar-refractivity contribution in [1.82, 2.24) is 5.32 Å². The second kappa shape index (κ2) is 5.87. The number of amides is 1. The summed E-state index contributed by atoms with van der Waals surface area (Å²) in [4.78, 5) is 11.9. The lowest BCUT2D eigenvalue weighted by Gasteiger charge is -2.28. The van der Waals surface area contributed by atoms with Crippen LogP contribution in [-0.4, -0.2) is 23.2 Å². The van der Waals surface area contributed by atoms with Crippen LogP contribution in [0.2, 0.25) is 0 Å². The summed E-state index contributed by atoms with van der Waals surface area (Å²) in [6.45, 7) is 1.74. The zero-order valence-corrected chi connectivity index (χ0v) is 11.5. The van der Waals surface area contributed by atoms with Crippen molar-refractivity contribution >= 4 is 5.91 Å². The summed E-state index contributed by atoms with van der Waals surface area (Å²) in [5, 5.41) is 12.2. The van der Waals surface area contributed by atoms with Gasteiger partial charge in [-0.1, -0.05) is 6.07 Å². The molecule has 1 saturated carbocycles. The maximum atomic E-state index is 13.0. The number of aliphatic hydroxyl groups is 1. The summed E-state index contributed by atoms with van der Waals surface area (Å²) in [5.41, 5.74) is 0.0154. The smallest absolute Gasteiger partial charge is 0.220 e. The lowest BCUT2D eigenvalue weighted by Crippen LogP contribution is -2.50. The molecule has 2 rings (SSSR count). The predicted octanol–water partition coefficient (Wildman–Crippen LogP) is 2.17. The normalized spacial score (nSPS) is 17.6. The Morgan fingerprint density at radius 3 is 2.65 bits per heavy atom. The quantitative estimate of drug-likeness (QED) is 0.840. The summed E-state index contributed by atoms with van der Waals surface area (Å²) in [7, 11) is 0. The van der Waals surface area contributed by atoms with E-state index in [0.29, 0.717) is 17.9 Å². The van der Waals surface area contributed by atoms with Crippen molar-refractivity contribution in [3.8, 4) is 0 Å².